The fourth-order valence-electron chi connectivity index (χ4n) is 2.63. The second kappa shape index (κ2) is 5.98. The average Bonchev–Trinajstić information content (AvgIpc) is 2.97. The molecule has 2 N–H and O–H groups in total. The molecule has 0 radical (unpaired) electrons. The lowest BCUT2D eigenvalue weighted by molar-refractivity contribution is -0.142. The Hall–Kier alpha value is -1.98. The Bertz CT molecular complexity index is 472. The van der Waals surface area contributed by atoms with E-state index in [2.05, 4.69) is 5.32 Å². The Kier molecular flexibility index (Phi) is 4.32. The Morgan fingerprint density at radius 1 is 1.60 bits per heavy atom. The van der Waals surface area contributed by atoms with Crippen molar-refractivity contribution in [3.63, 3.8) is 0 Å². The summed E-state index contributed by atoms with van der Waals surface area (Å²) in [5.41, 5.74) is 0. The molecule has 0 bridgehead atoms. The molecule has 1 fully saturated rings. The minimum absolute atomic E-state index is 0.0651. The average molecular weight is 280 g/mol. The van der Waals surface area contributed by atoms with Gasteiger partial charge in [0.15, 0.2) is 0 Å². The predicted octanol–water partition coefficient (Wildman–Crippen LogP) is 1.72. The molecule has 1 aliphatic heterocycles. The Labute approximate surface area is 117 Å². The molecule has 0 spiro atoms. The SMILES string of the molecule is CC(Cc1ccco1)NC(=O)N1CCC(C(=O)O)C1C. The van der Waals surface area contributed by atoms with Crippen LogP contribution < -0.4 is 5.32 Å². The van der Waals surface area contributed by atoms with E-state index in [0.717, 1.165) is 5.76 Å². The number of nitrogens with one attached hydrogen (secondary N) is 1. The van der Waals surface area contributed by atoms with Crippen molar-refractivity contribution in [3.05, 3.63) is 24.2 Å². The normalized spacial score (nSPS) is 23.6. The van der Waals surface area contributed by atoms with E-state index in [9.17, 15) is 9.59 Å². The minimum Gasteiger partial charge on any atom is -0.481 e. The molecule has 110 valence electrons. The van der Waals surface area contributed by atoms with Crippen LogP contribution in [0.3, 0.4) is 0 Å². The van der Waals surface area contributed by atoms with Crippen LogP contribution in [0.4, 0.5) is 4.79 Å². The quantitative estimate of drug-likeness (QED) is 0.879. The molecule has 2 rings (SSSR count). The van der Waals surface area contributed by atoms with Gasteiger partial charge in [-0.2, -0.15) is 0 Å². The Morgan fingerprint density at radius 2 is 2.35 bits per heavy atom. The van der Waals surface area contributed by atoms with Gasteiger partial charge in [0.05, 0.1) is 12.2 Å². The van der Waals surface area contributed by atoms with Gasteiger partial charge >= 0.3 is 12.0 Å². The standard InChI is InChI=1S/C14H20N2O4/c1-9(8-11-4-3-7-20-11)15-14(19)16-6-5-12(10(16)2)13(17)18/h3-4,7,9-10,12H,5-6,8H2,1-2H3,(H,15,19)(H,17,18). The van der Waals surface area contributed by atoms with Gasteiger partial charge in [0, 0.05) is 25.0 Å². The summed E-state index contributed by atoms with van der Waals surface area (Å²) in [5, 5.41) is 11.9. The smallest absolute Gasteiger partial charge is 0.317 e. The lowest BCUT2D eigenvalue weighted by Crippen LogP contribution is -2.47. The van der Waals surface area contributed by atoms with Gasteiger partial charge in [-0.15, -0.1) is 0 Å². The van der Waals surface area contributed by atoms with Crippen LogP contribution in [-0.2, 0) is 11.2 Å². The van der Waals surface area contributed by atoms with E-state index in [-0.39, 0.29) is 18.1 Å². The molecule has 6 heteroatoms. The highest BCUT2D eigenvalue weighted by Crippen LogP contribution is 2.24. The van der Waals surface area contributed by atoms with Crippen molar-refractivity contribution < 1.29 is 19.1 Å². The van der Waals surface area contributed by atoms with E-state index in [1.54, 1.807) is 18.1 Å². The number of rotatable bonds is 4. The first kappa shape index (κ1) is 14.4. The fraction of sp³-hybridized carbons (Fsp3) is 0.571. The second-order valence-corrected chi connectivity index (χ2v) is 5.30. The molecule has 6 nitrogen and oxygen atoms in total. The zero-order valence-electron chi connectivity index (χ0n) is 11.7. The number of likely N-dealkylation sites (tertiary alicyclic amines) is 1. The Balaban J connectivity index is 1.87. The number of aliphatic carboxylic acids is 1. The van der Waals surface area contributed by atoms with Gasteiger partial charge in [-0.25, -0.2) is 4.79 Å². The number of nitrogens with zero attached hydrogens (tertiary/aromatic N) is 1. The van der Waals surface area contributed by atoms with Crippen LogP contribution >= 0.6 is 0 Å². The van der Waals surface area contributed by atoms with Gasteiger partial charge in [-0.1, -0.05) is 0 Å². The van der Waals surface area contributed by atoms with Crippen molar-refractivity contribution in [1.82, 2.24) is 10.2 Å². The molecule has 20 heavy (non-hydrogen) atoms. The number of amides is 2. The maximum absolute atomic E-state index is 12.2. The zero-order chi connectivity index (χ0) is 14.7. The van der Waals surface area contributed by atoms with Crippen molar-refractivity contribution in [1.29, 1.82) is 0 Å². The van der Waals surface area contributed by atoms with Crippen LogP contribution in [0, 0.1) is 5.92 Å². The van der Waals surface area contributed by atoms with Crippen molar-refractivity contribution in [3.8, 4) is 0 Å². The molecule has 0 saturated carbocycles. The van der Waals surface area contributed by atoms with Crippen LogP contribution in [0.2, 0.25) is 0 Å². The number of urea groups is 1. The molecule has 1 aromatic heterocycles. The number of carboxylic acid groups (broad SMARTS) is 1. The molecule has 2 heterocycles. The van der Waals surface area contributed by atoms with Crippen LogP contribution in [0.25, 0.3) is 0 Å². The van der Waals surface area contributed by atoms with Gasteiger partial charge in [-0.05, 0) is 32.4 Å². The maximum atomic E-state index is 12.2. The number of furan rings is 1. The number of carbonyl (C=O) groups excluding carboxylic acids is 1. The highest BCUT2D eigenvalue weighted by molar-refractivity contribution is 5.78. The van der Waals surface area contributed by atoms with Gasteiger partial charge < -0.3 is 19.7 Å². The summed E-state index contributed by atoms with van der Waals surface area (Å²) >= 11 is 0. The number of carbonyl (C=O) groups is 2. The largest absolute Gasteiger partial charge is 0.481 e. The van der Waals surface area contributed by atoms with Gasteiger partial charge in [0.1, 0.15) is 5.76 Å². The minimum atomic E-state index is -0.837. The second-order valence-electron chi connectivity index (χ2n) is 5.30. The molecular weight excluding hydrogens is 260 g/mol. The highest BCUT2D eigenvalue weighted by Gasteiger charge is 2.38. The van der Waals surface area contributed by atoms with Crippen LogP contribution in [0.5, 0.6) is 0 Å². The lowest BCUT2D eigenvalue weighted by atomic mass is 10.0. The summed E-state index contributed by atoms with van der Waals surface area (Å²) in [6.07, 6.45) is 2.73. The molecule has 1 aromatic rings. The first-order chi connectivity index (χ1) is 9.49. The van der Waals surface area contributed by atoms with E-state index in [1.165, 1.54) is 0 Å². The van der Waals surface area contributed by atoms with Crippen LogP contribution in [0.15, 0.2) is 22.8 Å². The predicted molar refractivity (Wildman–Crippen MR) is 72.3 cm³/mol. The summed E-state index contributed by atoms with van der Waals surface area (Å²) < 4.78 is 5.24. The summed E-state index contributed by atoms with van der Waals surface area (Å²) in [5.74, 6) is -0.492. The van der Waals surface area contributed by atoms with Crippen LogP contribution in [0.1, 0.15) is 26.0 Å². The molecule has 3 unspecified atom stereocenters. The molecule has 2 amide bonds. The monoisotopic (exact) mass is 280 g/mol. The third-order valence-electron chi connectivity index (χ3n) is 3.79. The van der Waals surface area contributed by atoms with Gasteiger partial charge in [0.25, 0.3) is 0 Å². The maximum Gasteiger partial charge on any atom is 0.317 e. The summed E-state index contributed by atoms with van der Waals surface area (Å²) in [4.78, 5) is 24.8. The van der Waals surface area contributed by atoms with Crippen molar-refractivity contribution >= 4 is 12.0 Å². The fourth-order valence-corrected chi connectivity index (χ4v) is 2.63. The summed E-state index contributed by atoms with van der Waals surface area (Å²) in [7, 11) is 0. The van der Waals surface area contributed by atoms with E-state index in [0.29, 0.717) is 19.4 Å². The first-order valence-corrected chi connectivity index (χ1v) is 6.81. The van der Waals surface area contributed by atoms with Crippen molar-refractivity contribution in [2.45, 2.75) is 38.8 Å². The topological polar surface area (TPSA) is 82.8 Å². The lowest BCUT2D eigenvalue weighted by Gasteiger charge is -2.25. The zero-order valence-corrected chi connectivity index (χ0v) is 11.7. The molecule has 0 aromatic carbocycles. The number of carboxylic acids is 1. The molecule has 0 aliphatic carbocycles. The number of hydrogen-bond acceptors (Lipinski definition) is 3. The van der Waals surface area contributed by atoms with E-state index in [1.807, 2.05) is 19.1 Å². The third-order valence-corrected chi connectivity index (χ3v) is 3.79. The first-order valence-electron chi connectivity index (χ1n) is 6.81. The molecule has 1 saturated heterocycles. The van der Waals surface area contributed by atoms with Crippen molar-refractivity contribution in [2.75, 3.05) is 6.54 Å². The summed E-state index contributed by atoms with van der Waals surface area (Å²) in [6, 6.07) is 3.12. The highest BCUT2D eigenvalue weighted by atomic mass is 16.4. The van der Waals surface area contributed by atoms with Crippen LogP contribution in [-0.4, -0.2) is 40.6 Å². The third kappa shape index (κ3) is 3.12. The van der Waals surface area contributed by atoms with Gasteiger partial charge in [0.2, 0.25) is 0 Å². The molecule has 1 aliphatic rings. The van der Waals surface area contributed by atoms with E-state index < -0.39 is 11.9 Å². The summed E-state index contributed by atoms with van der Waals surface area (Å²) in [6.45, 7) is 4.16. The Morgan fingerprint density at radius 3 is 2.90 bits per heavy atom. The van der Waals surface area contributed by atoms with Gasteiger partial charge in [-0.3, -0.25) is 4.79 Å². The molecule has 3 atom stereocenters. The van der Waals surface area contributed by atoms with E-state index >= 15 is 0 Å². The van der Waals surface area contributed by atoms with E-state index in [4.69, 9.17) is 9.52 Å². The number of hydrogen-bond donors (Lipinski definition) is 2. The molecular formula is C14H20N2O4. The van der Waals surface area contributed by atoms with Crippen molar-refractivity contribution in [2.24, 2.45) is 5.92 Å².